The maximum Gasteiger partial charge on any atom is 0.257 e. The first-order valence-electron chi connectivity index (χ1n) is 14.7. The first-order valence-corrected chi connectivity index (χ1v) is 14.7. The number of benzene rings is 2. The molecule has 0 aromatic heterocycles. The van der Waals surface area contributed by atoms with E-state index >= 15 is 0 Å². The molecule has 0 radical (unpaired) electrons. The molecule has 2 fully saturated rings. The van der Waals surface area contributed by atoms with Crippen molar-refractivity contribution in [2.45, 2.75) is 50.4 Å². The number of unbranched alkanes of at least 4 members (excludes halogenated alkanes) is 2. The van der Waals surface area contributed by atoms with Gasteiger partial charge in [0.05, 0.1) is 56.5 Å². The van der Waals surface area contributed by atoms with Crippen LogP contribution in [-0.2, 0) is 0 Å². The van der Waals surface area contributed by atoms with Gasteiger partial charge in [-0.05, 0) is 44.2 Å². The molecular formula is C33H38N4O6. The Balaban J connectivity index is 1.02. The van der Waals surface area contributed by atoms with Crippen molar-refractivity contribution in [1.82, 2.24) is 9.80 Å². The molecule has 1 unspecified atom stereocenters. The van der Waals surface area contributed by atoms with Crippen molar-refractivity contribution in [3.63, 3.8) is 0 Å². The first-order chi connectivity index (χ1) is 20.9. The minimum atomic E-state index is -0.784. The van der Waals surface area contributed by atoms with Crippen LogP contribution in [0.1, 0.15) is 54.3 Å². The third-order valence-electron chi connectivity index (χ3n) is 8.38. The summed E-state index contributed by atoms with van der Waals surface area (Å²) >= 11 is 0. The highest BCUT2D eigenvalue weighted by atomic mass is 16.5. The van der Waals surface area contributed by atoms with Gasteiger partial charge in [0.15, 0.2) is 23.0 Å². The van der Waals surface area contributed by atoms with E-state index in [9.17, 15) is 9.90 Å². The van der Waals surface area contributed by atoms with Crippen molar-refractivity contribution in [2.75, 3.05) is 40.5 Å². The predicted octanol–water partition coefficient (Wildman–Crippen LogP) is 5.16. The average Bonchev–Trinajstić information content (AvgIpc) is 3.51. The van der Waals surface area contributed by atoms with Crippen LogP contribution in [0.4, 0.5) is 11.4 Å². The lowest BCUT2D eigenvalue weighted by molar-refractivity contribution is 0.0112. The summed E-state index contributed by atoms with van der Waals surface area (Å²) in [5.74, 6) is 2.17. The molecule has 2 saturated heterocycles. The van der Waals surface area contributed by atoms with Gasteiger partial charge in [-0.3, -0.25) is 19.7 Å². The molecule has 2 aromatic carbocycles. The molecule has 4 aliphatic rings. The summed E-state index contributed by atoms with van der Waals surface area (Å²) in [6.45, 7) is 10.3. The molecule has 1 amide bonds. The van der Waals surface area contributed by atoms with Crippen LogP contribution in [-0.4, -0.2) is 85.8 Å². The molecule has 43 heavy (non-hydrogen) atoms. The third kappa shape index (κ3) is 5.77. The lowest BCUT2D eigenvalue weighted by Crippen LogP contribution is -2.35. The topological polar surface area (TPSA) is 105 Å². The Hall–Kier alpha value is -4.15. The van der Waals surface area contributed by atoms with E-state index in [1.807, 2.05) is 29.5 Å². The van der Waals surface area contributed by atoms with E-state index in [1.54, 1.807) is 31.3 Å². The van der Waals surface area contributed by atoms with Gasteiger partial charge >= 0.3 is 0 Å². The van der Waals surface area contributed by atoms with Crippen molar-refractivity contribution >= 4 is 29.7 Å². The van der Waals surface area contributed by atoms with Crippen LogP contribution in [0.25, 0.3) is 0 Å². The molecule has 10 heteroatoms. The number of rotatable bonds is 10. The van der Waals surface area contributed by atoms with E-state index in [0.717, 1.165) is 43.3 Å². The fraction of sp³-hybridized carbons (Fsp3) is 0.424. The fourth-order valence-corrected chi connectivity index (χ4v) is 6.11. The average molecular weight is 587 g/mol. The molecule has 0 bridgehead atoms. The molecule has 0 aliphatic carbocycles. The predicted molar refractivity (Wildman–Crippen MR) is 165 cm³/mol. The van der Waals surface area contributed by atoms with Crippen molar-refractivity contribution < 1.29 is 28.8 Å². The van der Waals surface area contributed by atoms with E-state index in [-0.39, 0.29) is 18.0 Å². The van der Waals surface area contributed by atoms with Crippen LogP contribution in [0, 0.1) is 0 Å². The van der Waals surface area contributed by atoms with Gasteiger partial charge in [0, 0.05) is 43.2 Å². The Labute approximate surface area is 251 Å². The van der Waals surface area contributed by atoms with Crippen molar-refractivity contribution in [1.29, 1.82) is 0 Å². The monoisotopic (exact) mass is 586 g/mol. The van der Waals surface area contributed by atoms with Crippen LogP contribution in [0.5, 0.6) is 23.0 Å². The molecular weight excluding hydrogens is 548 g/mol. The summed E-state index contributed by atoms with van der Waals surface area (Å²) < 4.78 is 23.3. The zero-order chi connectivity index (χ0) is 30.1. The number of amides is 1. The van der Waals surface area contributed by atoms with Gasteiger partial charge in [0.25, 0.3) is 5.91 Å². The maximum atomic E-state index is 13.2. The number of fused-ring (bicyclic) bond motifs is 4. The number of aliphatic hydroxyl groups excluding tert-OH is 1. The van der Waals surface area contributed by atoms with Crippen molar-refractivity contribution in [3.8, 4) is 23.0 Å². The molecule has 2 aromatic rings. The summed E-state index contributed by atoms with van der Waals surface area (Å²) in [5, 5.41) is 11.0. The Morgan fingerprint density at radius 2 is 1.42 bits per heavy atom. The van der Waals surface area contributed by atoms with Crippen molar-refractivity contribution in [3.05, 3.63) is 59.7 Å². The van der Waals surface area contributed by atoms with Crippen LogP contribution >= 0.6 is 0 Å². The highest BCUT2D eigenvalue weighted by Gasteiger charge is 2.36. The SMILES string of the molecule is C=C1C[C@H]2C=Nc3cc(OCCCCCOc4cc5c(cc4OC)C(O)N4CC(=C)C[C@H]4C=N5)c(OC)cc3C(=O)N2C1. The van der Waals surface area contributed by atoms with Gasteiger partial charge in [0.1, 0.15) is 6.23 Å². The Kier molecular flexibility index (Phi) is 8.23. The summed E-state index contributed by atoms with van der Waals surface area (Å²) in [6.07, 6.45) is 6.96. The first kappa shape index (κ1) is 28.9. The summed E-state index contributed by atoms with van der Waals surface area (Å²) in [4.78, 5) is 26.2. The molecule has 4 heterocycles. The largest absolute Gasteiger partial charge is 0.493 e. The molecule has 4 aliphatic heterocycles. The third-order valence-corrected chi connectivity index (χ3v) is 8.38. The number of carbonyl (C=O) groups excluding carboxylic acids is 1. The number of hydrogen-bond donors (Lipinski definition) is 1. The second-order valence-electron chi connectivity index (χ2n) is 11.4. The van der Waals surface area contributed by atoms with E-state index < -0.39 is 6.23 Å². The number of nitrogens with zero attached hydrogens (tertiary/aromatic N) is 4. The van der Waals surface area contributed by atoms with Gasteiger partial charge in [-0.25, -0.2) is 0 Å². The number of carbonyl (C=O) groups is 1. The lowest BCUT2D eigenvalue weighted by atomic mass is 10.1. The van der Waals surface area contributed by atoms with Crippen LogP contribution in [0.15, 0.2) is 58.6 Å². The minimum absolute atomic E-state index is 0.0343. The van der Waals surface area contributed by atoms with Crippen LogP contribution < -0.4 is 18.9 Å². The quantitative estimate of drug-likeness (QED) is 0.303. The lowest BCUT2D eigenvalue weighted by Gasteiger charge is -2.26. The molecule has 1 N–H and O–H groups in total. The Morgan fingerprint density at radius 1 is 0.814 bits per heavy atom. The number of hydrogen-bond acceptors (Lipinski definition) is 9. The number of aliphatic imine (C=N–C) groups is 2. The molecule has 0 saturated carbocycles. The normalized spacial score (nSPS) is 22.4. The van der Waals surface area contributed by atoms with Gasteiger partial charge in [-0.1, -0.05) is 24.3 Å². The van der Waals surface area contributed by atoms with E-state index in [2.05, 4.69) is 23.1 Å². The molecule has 10 nitrogen and oxygen atoms in total. The van der Waals surface area contributed by atoms with Crippen molar-refractivity contribution in [2.24, 2.45) is 9.98 Å². The Bertz CT molecular complexity index is 1500. The second-order valence-corrected chi connectivity index (χ2v) is 11.4. The maximum absolute atomic E-state index is 13.2. The van der Waals surface area contributed by atoms with E-state index in [1.165, 1.54) is 0 Å². The summed E-state index contributed by atoms with van der Waals surface area (Å²) in [5.41, 5.74) is 4.60. The smallest absolute Gasteiger partial charge is 0.257 e. The highest BCUT2D eigenvalue weighted by Crippen LogP contribution is 2.43. The summed E-state index contributed by atoms with van der Waals surface area (Å²) in [6, 6.07) is 7.13. The van der Waals surface area contributed by atoms with Gasteiger partial charge in [-0.2, -0.15) is 0 Å². The van der Waals surface area contributed by atoms with E-state index in [4.69, 9.17) is 18.9 Å². The van der Waals surface area contributed by atoms with E-state index in [0.29, 0.717) is 71.8 Å². The number of aliphatic hydroxyl groups is 1. The van der Waals surface area contributed by atoms with Gasteiger partial charge < -0.3 is 29.0 Å². The fourth-order valence-electron chi connectivity index (χ4n) is 6.11. The molecule has 0 spiro atoms. The summed E-state index contributed by atoms with van der Waals surface area (Å²) in [7, 11) is 3.16. The van der Waals surface area contributed by atoms with Crippen LogP contribution in [0.2, 0.25) is 0 Å². The minimum Gasteiger partial charge on any atom is -0.493 e. The standard InChI is InChI=1S/C33H38N4O6/c1-20-10-22-16-34-26-14-30(28(40-3)12-24(26)32(38)36(22)18-20)42-8-6-5-7-9-43-31-15-27-25(13-29(31)41-4)33(39)37-19-21(2)11-23(37)17-35-27/h12-17,22-23,32,38H,1-2,5-11,18-19H2,3-4H3/t22-,23-,32?/m0/s1. The second kappa shape index (κ2) is 12.2. The zero-order valence-electron chi connectivity index (χ0n) is 24.8. The Morgan fingerprint density at radius 3 is 2.14 bits per heavy atom. The number of methoxy groups -OCH3 is 2. The molecule has 226 valence electrons. The zero-order valence-corrected chi connectivity index (χ0v) is 24.8. The van der Waals surface area contributed by atoms with Gasteiger partial charge in [0.2, 0.25) is 0 Å². The highest BCUT2D eigenvalue weighted by molar-refractivity contribution is 6.03. The van der Waals surface area contributed by atoms with Gasteiger partial charge in [-0.15, -0.1) is 0 Å². The van der Waals surface area contributed by atoms with Crippen LogP contribution in [0.3, 0.4) is 0 Å². The molecule has 3 atom stereocenters. The number of ether oxygens (including phenoxy) is 4. The molecule has 6 rings (SSSR count).